The van der Waals surface area contributed by atoms with E-state index in [1.807, 2.05) is 115 Å². The van der Waals surface area contributed by atoms with Crippen LogP contribution < -0.4 is 21.6 Å². The second kappa shape index (κ2) is 15.2. The van der Waals surface area contributed by atoms with E-state index in [4.69, 9.17) is 15.2 Å². The van der Waals surface area contributed by atoms with Crippen LogP contribution in [0.4, 0.5) is 0 Å². The van der Waals surface area contributed by atoms with E-state index in [-0.39, 0.29) is 5.70 Å². The zero-order chi connectivity index (χ0) is 37.2. The Bertz CT molecular complexity index is 1970. The monoisotopic (exact) mass is 741 g/mol. The van der Waals surface area contributed by atoms with Crippen molar-refractivity contribution < 1.29 is 23.9 Å². The van der Waals surface area contributed by atoms with Crippen LogP contribution in [0.2, 0.25) is 0 Å². The van der Waals surface area contributed by atoms with Crippen molar-refractivity contribution in [1.29, 1.82) is 0 Å². The van der Waals surface area contributed by atoms with Crippen LogP contribution in [0.15, 0.2) is 163 Å². The first-order chi connectivity index (χ1) is 25.6. The minimum atomic E-state index is -2.78. The number of ether oxygens (including phenoxy) is 2. The first-order valence-electron chi connectivity index (χ1n) is 17.6. The zero-order valence-electron chi connectivity index (χ0n) is 29.9. The molecule has 0 aromatic heterocycles. The van der Waals surface area contributed by atoms with E-state index in [2.05, 4.69) is 36.4 Å². The molecule has 2 aliphatic heterocycles. The molecule has 3 atom stereocenters. The Hall–Kier alpha value is -5.01. The number of esters is 2. The maximum atomic E-state index is 15.0. The van der Waals surface area contributed by atoms with Crippen molar-refractivity contribution in [3.8, 4) is 0 Å². The fourth-order valence-electron chi connectivity index (χ4n) is 7.21. The second-order valence-corrected chi connectivity index (χ2v) is 18.7. The molecule has 1 fully saturated rings. The van der Waals surface area contributed by atoms with Gasteiger partial charge >= 0.3 is 11.9 Å². The van der Waals surface area contributed by atoms with Gasteiger partial charge in [-0.25, -0.2) is 4.79 Å². The van der Waals surface area contributed by atoms with Crippen molar-refractivity contribution in [2.45, 2.75) is 43.6 Å². The van der Waals surface area contributed by atoms with Crippen molar-refractivity contribution in [3.05, 3.63) is 174 Å². The van der Waals surface area contributed by atoms with E-state index in [9.17, 15) is 9.59 Å². The predicted molar refractivity (Wildman–Crippen MR) is 213 cm³/mol. The van der Waals surface area contributed by atoms with Crippen LogP contribution in [0, 0.1) is 5.92 Å². The number of benzene rings is 5. The third-order valence-corrected chi connectivity index (χ3v) is 15.3. The smallest absolute Gasteiger partial charge is 0.356 e. The number of carbonyl (C=O) groups is 3. The van der Waals surface area contributed by atoms with Crippen molar-refractivity contribution in [1.82, 2.24) is 4.90 Å². The van der Waals surface area contributed by atoms with Crippen LogP contribution in [0.1, 0.15) is 38.0 Å². The first-order valence-corrected chi connectivity index (χ1v) is 20.5. The van der Waals surface area contributed by atoms with Gasteiger partial charge in [-0.15, -0.1) is 11.8 Å². The third-order valence-electron chi connectivity index (χ3n) is 9.55. The van der Waals surface area contributed by atoms with Crippen molar-refractivity contribution in [2.75, 3.05) is 5.75 Å². The van der Waals surface area contributed by atoms with Crippen LogP contribution in [0.5, 0.6) is 0 Å². The summed E-state index contributed by atoms with van der Waals surface area (Å²) < 4.78 is 12.2. The second-order valence-electron chi connectivity index (χ2n) is 14.1. The van der Waals surface area contributed by atoms with E-state index in [1.54, 1.807) is 20.8 Å². The van der Waals surface area contributed by atoms with E-state index in [0.717, 1.165) is 27.0 Å². The molecule has 1 amide bonds. The summed E-state index contributed by atoms with van der Waals surface area (Å²) in [6, 6.07) is 49.6. The van der Waals surface area contributed by atoms with Gasteiger partial charge < -0.3 is 9.47 Å². The van der Waals surface area contributed by atoms with Crippen LogP contribution in [-0.2, 0) is 23.9 Å². The average Bonchev–Trinajstić information content (AvgIpc) is 3.17. The Morgan fingerprint density at radius 2 is 1.13 bits per heavy atom. The lowest BCUT2D eigenvalue weighted by atomic mass is 9.95. The van der Waals surface area contributed by atoms with Gasteiger partial charge in [0, 0.05) is 11.3 Å². The Balaban J connectivity index is 1.42. The summed E-state index contributed by atoms with van der Waals surface area (Å²) in [6.07, 6.45) is -0.766. The molecule has 2 N–H and O–H groups in total. The number of nitrogens with zero attached hydrogens (tertiary/aromatic N) is 1. The van der Waals surface area contributed by atoms with Gasteiger partial charge in [0.1, 0.15) is 39.8 Å². The van der Waals surface area contributed by atoms with Gasteiger partial charge in [0.25, 0.3) is 0 Å². The molecule has 53 heavy (non-hydrogen) atoms. The number of hydrogen-bond donors (Lipinski definition) is 1. The molecule has 5 aromatic rings. The number of amides is 1. The molecule has 1 saturated heterocycles. The molecular weight excluding hydrogens is 700 g/mol. The summed E-state index contributed by atoms with van der Waals surface area (Å²) in [7, 11) is -2.78. The maximum Gasteiger partial charge on any atom is 0.356 e. The number of β-lactam (4-membered cyclic amide) rings is 1. The summed E-state index contributed by atoms with van der Waals surface area (Å²) in [5.41, 5.74) is 9.16. The van der Waals surface area contributed by atoms with Gasteiger partial charge in [-0.2, -0.15) is 0 Å². The Morgan fingerprint density at radius 3 is 1.55 bits per heavy atom. The van der Waals surface area contributed by atoms with E-state index in [0.29, 0.717) is 11.3 Å². The molecule has 5 aromatic carbocycles. The molecule has 0 aliphatic carbocycles. The highest BCUT2D eigenvalue weighted by atomic mass is 32.2. The van der Waals surface area contributed by atoms with E-state index < -0.39 is 53.9 Å². The lowest BCUT2D eigenvalue weighted by molar-refractivity contribution is -0.175. The SMILES string of the molecule is CC(C)(C)OC(=O)[C@H]1C(=O)N2C(C(=O)OC(c3ccccc3)c3ccccc3)=C(C(N)[P+](c3ccccc3)(c3ccccc3)c3ccccc3)CS[C@H]12. The van der Waals surface area contributed by atoms with E-state index in [1.165, 1.54) is 16.7 Å². The zero-order valence-corrected chi connectivity index (χ0v) is 31.6. The fraction of sp³-hybridized carbons (Fsp3) is 0.205. The summed E-state index contributed by atoms with van der Waals surface area (Å²) in [5, 5.41) is 2.45. The molecule has 2 aliphatic rings. The summed E-state index contributed by atoms with van der Waals surface area (Å²) in [6.45, 7) is 5.31. The van der Waals surface area contributed by atoms with Crippen LogP contribution in [0.3, 0.4) is 0 Å². The number of fused-ring (bicyclic) bond motifs is 1. The highest BCUT2D eigenvalue weighted by molar-refractivity contribution is 8.00. The predicted octanol–water partition coefficient (Wildman–Crippen LogP) is 6.73. The van der Waals surface area contributed by atoms with Gasteiger partial charge in [0.2, 0.25) is 5.91 Å². The molecule has 268 valence electrons. The van der Waals surface area contributed by atoms with Gasteiger partial charge in [0.15, 0.2) is 17.8 Å². The molecule has 0 radical (unpaired) electrons. The Labute approximate surface area is 315 Å². The lowest BCUT2D eigenvalue weighted by Gasteiger charge is -2.50. The third kappa shape index (κ3) is 6.95. The Kier molecular flexibility index (Phi) is 10.4. The molecule has 9 heteroatoms. The largest absolute Gasteiger partial charge is 0.459 e. The minimum absolute atomic E-state index is 0.0927. The van der Waals surface area contributed by atoms with Crippen LogP contribution in [-0.4, -0.2) is 45.3 Å². The quantitative estimate of drug-likeness (QED) is 0.0735. The minimum Gasteiger partial charge on any atom is -0.459 e. The van der Waals surface area contributed by atoms with Crippen LogP contribution >= 0.6 is 19.0 Å². The Morgan fingerprint density at radius 1 is 0.717 bits per heavy atom. The number of thioether (sulfide) groups is 1. The summed E-state index contributed by atoms with van der Waals surface area (Å²) in [4.78, 5) is 44.1. The molecule has 2 heterocycles. The molecule has 0 saturated carbocycles. The van der Waals surface area contributed by atoms with Crippen molar-refractivity contribution in [3.63, 3.8) is 0 Å². The number of rotatable bonds is 10. The molecule has 0 spiro atoms. The number of nitrogens with two attached hydrogens (primary N) is 1. The normalized spacial score (nSPS) is 17.8. The first kappa shape index (κ1) is 36.4. The highest BCUT2D eigenvalue weighted by Gasteiger charge is 2.61. The topological polar surface area (TPSA) is 98.9 Å². The van der Waals surface area contributed by atoms with Gasteiger partial charge in [-0.1, -0.05) is 115 Å². The molecular formula is C44H42N2O5PS+. The molecule has 7 rings (SSSR count). The van der Waals surface area contributed by atoms with Gasteiger partial charge in [0.05, 0.1) is 0 Å². The summed E-state index contributed by atoms with van der Waals surface area (Å²) >= 11 is 1.43. The molecule has 0 bridgehead atoms. The average molecular weight is 742 g/mol. The van der Waals surface area contributed by atoms with Gasteiger partial charge in [-0.3, -0.25) is 20.2 Å². The van der Waals surface area contributed by atoms with Crippen molar-refractivity contribution in [2.24, 2.45) is 11.7 Å². The highest BCUT2D eigenvalue weighted by Crippen LogP contribution is 2.62. The summed E-state index contributed by atoms with van der Waals surface area (Å²) in [5.74, 6) is -3.30. The number of hydrogen-bond acceptors (Lipinski definition) is 7. The van der Waals surface area contributed by atoms with Crippen molar-refractivity contribution >= 4 is 52.8 Å². The lowest BCUT2D eigenvalue weighted by Crippen LogP contribution is -2.65. The molecule has 1 unspecified atom stereocenters. The standard InChI is InChI=1S/C44H42N2O5PS/c1-44(2,3)51-42(48)36-40(47)46-37(43(49)50-38(30-19-9-4-10-20-30)31-21-11-5-12-22-31)35(29-53-41(36)46)39(45)52(32-23-13-6-14-24-32,33-25-15-7-16-26-33)34-27-17-8-18-28-34/h4-28,36,38-39,41H,29,45H2,1-3H3/q+1/t36-,39?,41+/m0/s1. The van der Waals surface area contributed by atoms with E-state index >= 15 is 4.79 Å². The fourth-order valence-corrected chi connectivity index (χ4v) is 13.2. The van der Waals surface area contributed by atoms with Crippen LogP contribution in [0.25, 0.3) is 0 Å². The van der Waals surface area contributed by atoms with Gasteiger partial charge in [-0.05, 0) is 68.3 Å². The number of carbonyl (C=O) groups excluding carboxylic acids is 3. The maximum absolute atomic E-state index is 15.0. The molecule has 7 nitrogen and oxygen atoms in total.